The molecule has 1 aromatic carbocycles. The number of piperidine rings is 1. The van der Waals surface area contributed by atoms with Crippen molar-refractivity contribution < 1.29 is 14.3 Å². The van der Waals surface area contributed by atoms with E-state index < -0.39 is 0 Å². The molecule has 2 amide bonds. The van der Waals surface area contributed by atoms with Crippen LogP contribution in [-0.4, -0.2) is 61.3 Å². The Labute approximate surface area is 168 Å². The molecule has 6 nitrogen and oxygen atoms in total. The molecule has 3 aliphatic heterocycles. The van der Waals surface area contributed by atoms with Crippen molar-refractivity contribution in [1.29, 1.82) is 0 Å². The number of benzene rings is 1. The van der Waals surface area contributed by atoms with Gasteiger partial charge in [0.15, 0.2) is 11.5 Å². The summed E-state index contributed by atoms with van der Waals surface area (Å²) in [5, 5.41) is 3.27. The lowest BCUT2D eigenvalue weighted by atomic mass is 9.95. The number of nitrogens with one attached hydrogen (secondary N) is 1. The van der Waals surface area contributed by atoms with E-state index in [9.17, 15) is 4.79 Å². The van der Waals surface area contributed by atoms with Crippen LogP contribution in [0.15, 0.2) is 18.2 Å². The van der Waals surface area contributed by atoms with E-state index in [1.807, 2.05) is 23.1 Å². The molecule has 3 heterocycles. The van der Waals surface area contributed by atoms with Crippen molar-refractivity contribution in [1.82, 2.24) is 15.1 Å². The third-order valence-electron chi connectivity index (χ3n) is 6.28. The summed E-state index contributed by atoms with van der Waals surface area (Å²) in [5.41, 5.74) is 1.07. The molecular formula is C22H33N3O3. The normalized spacial score (nSPS) is 21.8. The lowest BCUT2D eigenvalue weighted by molar-refractivity contribution is 0.131. The SMILES string of the molecule is CC(C)C(NC(=O)N1CCC(N2CCCC2)CC1)c1ccc2c(c1)OCCO2. The van der Waals surface area contributed by atoms with Crippen LogP contribution in [-0.2, 0) is 0 Å². The van der Waals surface area contributed by atoms with Crippen LogP contribution in [0.5, 0.6) is 11.5 Å². The highest BCUT2D eigenvalue weighted by molar-refractivity contribution is 5.75. The molecule has 28 heavy (non-hydrogen) atoms. The number of likely N-dealkylation sites (tertiary alicyclic amines) is 2. The molecule has 2 saturated heterocycles. The van der Waals surface area contributed by atoms with E-state index in [4.69, 9.17) is 9.47 Å². The molecular weight excluding hydrogens is 354 g/mol. The lowest BCUT2D eigenvalue weighted by Crippen LogP contribution is -2.50. The van der Waals surface area contributed by atoms with Crippen molar-refractivity contribution in [3.8, 4) is 11.5 Å². The smallest absolute Gasteiger partial charge is 0.317 e. The Morgan fingerprint density at radius 2 is 1.71 bits per heavy atom. The van der Waals surface area contributed by atoms with Gasteiger partial charge in [-0.15, -0.1) is 0 Å². The van der Waals surface area contributed by atoms with Crippen LogP contribution in [0.2, 0.25) is 0 Å². The Morgan fingerprint density at radius 3 is 2.39 bits per heavy atom. The summed E-state index contributed by atoms with van der Waals surface area (Å²) in [6.45, 7) is 9.60. The molecule has 0 radical (unpaired) electrons. The van der Waals surface area contributed by atoms with Gasteiger partial charge in [0.1, 0.15) is 13.2 Å². The Morgan fingerprint density at radius 1 is 1.04 bits per heavy atom. The first-order valence-electron chi connectivity index (χ1n) is 10.8. The first kappa shape index (κ1) is 19.4. The molecule has 0 aromatic heterocycles. The fraction of sp³-hybridized carbons (Fsp3) is 0.682. The summed E-state index contributed by atoms with van der Waals surface area (Å²) >= 11 is 0. The van der Waals surface area contributed by atoms with Crippen LogP contribution in [0.25, 0.3) is 0 Å². The summed E-state index contributed by atoms with van der Waals surface area (Å²) in [4.78, 5) is 17.5. The maximum Gasteiger partial charge on any atom is 0.317 e. The van der Waals surface area contributed by atoms with Gasteiger partial charge in [-0.1, -0.05) is 19.9 Å². The summed E-state index contributed by atoms with van der Waals surface area (Å²) in [6.07, 6.45) is 4.83. The monoisotopic (exact) mass is 387 g/mol. The van der Waals surface area contributed by atoms with E-state index >= 15 is 0 Å². The Hall–Kier alpha value is -1.95. The highest BCUT2D eigenvalue weighted by Gasteiger charge is 2.30. The van der Waals surface area contributed by atoms with E-state index in [0.29, 0.717) is 19.3 Å². The van der Waals surface area contributed by atoms with Crippen LogP contribution in [0.3, 0.4) is 0 Å². The summed E-state index contributed by atoms with van der Waals surface area (Å²) < 4.78 is 11.3. The standard InChI is InChI=1S/C22H33N3O3/c1-16(2)21(17-5-6-19-20(15-17)28-14-13-27-19)23-22(26)25-11-7-18(8-12-25)24-9-3-4-10-24/h5-6,15-16,18,21H,3-4,7-14H2,1-2H3,(H,23,26). The molecule has 0 saturated carbocycles. The summed E-state index contributed by atoms with van der Waals surface area (Å²) in [5.74, 6) is 1.84. The van der Waals surface area contributed by atoms with E-state index in [0.717, 1.165) is 43.0 Å². The van der Waals surface area contributed by atoms with Gasteiger partial charge in [0.2, 0.25) is 0 Å². The van der Waals surface area contributed by atoms with Gasteiger partial charge in [-0.25, -0.2) is 4.79 Å². The minimum absolute atomic E-state index is 0.0420. The molecule has 154 valence electrons. The third-order valence-corrected chi connectivity index (χ3v) is 6.28. The number of ether oxygens (including phenoxy) is 2. The number of urea groups is 1. The Balaban J connectivity index is 1.37. The second kappa shape index (κ2) is 8.60. The minimum atomic E-state index is -0.0420. The number of hydrogen-bond acceptors (Lipinski definition) is 4. The van der Waals surface area contributed by atoms with Gasteiger partial charge in [0, 0.05) is 19.1 Å². The van der Waals surface area contributed by atoms with Crippen molar-refractivity contribution in [2.45, 2.75) is 51.6 Å². The molecule has 2 fully saturated rings. The quantitative estimate of drug-likeness (QED) is 0.860. The number of hydrogen-bond donors (Lipinski definition) is 1. The second-order valence-corrected chi connectivity index (χ2v) is 8.54. The highest BCUT2D eigenvalue weighted by atomic mass is 16.6. The first-order valence-corrected chi connectivity index (χ1v) is 10.8. The molecule has 6 heteroatoms. The fourth-order valence-corrected chi connectivity index (χ4v) is 4.65. The number of amides is 2. The molecule has 1 N–H and O–H groups in total. The zero-order valence-electron chi connectivity index (χ0n) is 17.2. The molecule has 0 aliphatic carbocycles. The van der Waals surface area contributed by atoms with Crippen LogP contribution >= 0.6 is 0 Å². The van der Waals surface area contributed by atoms with E-state index in [-0.39, 0.29) is 18.0 Å². The zero-order chi connectivity index (χ0) is 19.5. The number of carbonyl (C=O) groups excluding carboxylic acids is 1. The molecule has 1 unspecified atom stereocenters. The predicted octanol–water partition coefficient (Wildman–Crippen LogP) is 3.42. The number of carbonyl (C=O) groups is 1. The molecule has 1 atom stereocenters. The fourth-order valence-electron chi connectivity index (χ4n) is 4.65. The van der Waals surface area contributed by atoms with Crippen LogP contribution in [0.1, 0.15) is 51.1 Å². The van der Waals surface area contributed by atoms with E-state index in [1.54, 1.807) is 0 Å². The largest absolute Gasteiger partial charge is 0.486 e. The summed E-state index contributed by atoms with van der Waals surface area (Å²) in [6, 6.07) is 6.67. The van der Waals surface area contributed by atoms with Gasteiger partial charge >= 0.3 is 6.03 Å². The predicted molar refractivity (Wildman–Crippen MR) is 109 cm³/mol. The van der Waals surface area contributed by atoms with E-state index in [1.165, 1.54) is 25.9 Å². The number of rotatable bonds is 4. The van der Waals surface area contributed by atoms with Crippen molar-refractivity contribution in [2.75, 3.05) is 39.4 Å². The van der Waals surface area contributed by atoms with Crippen molar-refractivity contribution >= 4 is 6.03 Å². The lowest BCUT2D eigenvalue weighted by Gasteiger charge is -2.37. The van der Waals surface area contributed by atoms with Gasteiger partial charge in [-0.2, -0.15) is 0 Å². The van der Waals surface area contributed by atoms with Crippen LogP contribution < -0.4 is 14.8 Å². The van der Waals surface area contributed by atoms with Gasteiger partial charge in [0.05, 0.1) is 6.04 Å². The molecule has 3 aliphatic rings. The van der Waals surface area contributed by atoms with Gasteiger partial charge < -0.3 is 24.6 Å². The maximum atomic E-state index is 12.9. The van der Waals surface area contributed by atoms with Gasteiger partial charge in [-0.3, -0.25) is 0 Å². The molecule has 4 rings (SSSR count). The highest BCUT2D eigenvalue weighted by Crippen LogP contribution is 2.34. The molecule has 1 aromatic rings. The van der Waals surface area contributed by atoms with Crippen LogP contribution in [0.4, 0.5) is 4.79 Å². The third kappa shape index (κ3) is 4.22. The van der Waals surface area contributed by atoms with Crippen molar-refractivity contribution in [3.63, 3.8) is 0 Å². The Bertz CT molecular complexity index is 680. The molecule has 0 spiro atoms. The van der Waals surface area contributed by atoms with Gasteiger partial charge in [0.25, 0.3) is 0 Å². The topological polar surface area (TPSA) is 54.0 Å². The summed E-state index contributed by atoms with van der Waals surface area (Å²) in [7, 11) is 0. The van der Waals surface area contributed by atoms with E-state index in [2.05, 4.69) is 24.1 Å². The van der Waals surface area contributed by atoms with Crippen molar-refractivity contribution in [3.05, 3.63) is 23.8 Å². The van der Waals surface area contributed by atoms with Crippen LogP contribution in [0, 0.1) is 5.92 Å². The molecule has 0 bridgehead atoms. The minimum Gasteiger partial charge on any atom is -0.486 e. The van der Waals surface area contributed by atoms with Crippen molar-refractivity contribution in [2.24, 2.45) is 5.92 Å². The zero-order valence-corrected chi connectivity index (χ0v) is 17.2. The first-order chi connectivity index (χ1) is 13.6. The van der Waals surface area contributed by atoms with Gasteiger partial charge in [-0.05, 0) is 62.4 Å². The number of fused-ring (bicyclic) bond motifs is 1. The second-order valence-electron chi connectivity index (χ2n) is 8.54. The average molecular weight is 388 g/mol. The number of nitrogens with zero attached hydrogens (tertiary/aromatic N) is 2. The maximum absolute atomic E-state index is 12.9. The Kier molecular flexibility index (Phi) is 5.95. The average Bonchev–Trinajstić information content (AvgIpc) is 3.26.